The average molecular weight is 350 g/mol. The van der Waals surface area contributed by atoms with Gasteiger partial charge in [0.05, 0.1) is 6.61 Å². The lowest BCUT2D eigenvalue weighted by Gasteiger charge is -2.10. The lowest BCUT2D eigenvalue weighted by Crippen LogP contribution is -2.23. The minimum Gasteiger partial charge on any atom is -0.494 e. The van der Waals surface area contributed by atoms with Crippen LogP contribution < -0.4 is 10.1 Å². The second-order valence-electron chi connectivity index (χ2n) is 5.81. The fraction of sp³-hybridized carbons (Fsp3) is 0.250. The summed E-state index contributed by atoms with van der Waals surface area (Å²) in [7, 11) is 0. The molecule has 6 heteroatoms. The highest BCUT2D eigenvalue weighted by molar-refractivity contribution is 5.76. The SMILES string of the molecule is CCOc1ccccc1CCC(=O)NCc1ccc(-n2ccnc2)nc1. The molecule has 2 aromatic heterocycles. The average Bonchev–Trinajstić information content (AvgIpc) is 3.21. The van der Waals surface area contributed by atoms with Gasteiger partial charge in [0.2, 0.25) is 5.91 Å². The van der Waals surface area contributed by atoms with Crippen LogP contribution in [0.15, 0.2) is 61.3 Å². The van der Waals surface area contributed by atoms with Crippen LogP contribution in [0, 0.1) is 0 Å². The number of benzene rings is 1. The van der Waals surface area contributed by atoms with E-state index in [1.54, 1.807) is 18.7 Å². The summed E-state index contributed by atoms with van der Waals surface area (Å²) in [6.07, 6.45) is 8.08. The van der Waals surface area contributed by atoms with Crippen LogP contribution in [0.1, 0.15) is 24.5 Å². The van der Waals surface area contributed by atoms with E-state index in [1.807, 2.05) is 54.1 Å². The van der Waals surface area contributed by atoms with E-state index in [0.29, 0.717) is 26.0 Å². The van der Waals surface area contributed by atoms with Gasteiger partial charge in [-0.15, -0.1) is 0 Å². The molecule has 0 saturated heterocycles. The maximum absolute atomic E-state index is 12.1. The number of ether oxygens (including phenoxy) is 1. The highest BCUT2D eigenvalue weighted by atomic mass is 16.5. The summed E-state index contributed by atoms with van der Waals surface area (Å²) in [6.45, 7) is 3.03. The van der Waals surface area contributed by atoms with Gasteiger partial charge in [0.25, 0.3) is 0 Å². The molecule has 0 saturated carbocycles. The summed E-state index contributed by atoms with van der Waals surface area (Å²) in [5, 5.41) is 2.94. The minimum atomic E-state index is 0.00925. The molecule has 26 heavy (non-hydrogen) atoms. The van der Waals surface area contributed by atoms with Gasteiger partial charge in [-0.1, -0.05) is 24.3 Å². The van der Waals surface area contributed by atoms with Crippen LogP contribution in [-0.2, 0) is 17.8 Å². The van der Waals surface area contributed by atoms with Crippen LogP contribution in [-0.4, -0.2) is 27.0 Å². The first-order valence-electron chi connectivity index (χ1n) is 8.67. The van der Waals surface area contributed by atoms with Crippen LogP contribution in [0.25, 0.3) is 5.82 Å². The van der Waals surface area contributed by atoms with E-state index in [9.17, 15) is 4.79 Å². The molecule has 0 radical (unpaired) electrons. The van der Waals surface area contributed by atoms with Crippen LogP contribution in [0.2, 0.25) is 0 Å². The van der Waals surface area contributed by atoms with Gasteiger partial charge in [0, 0.05) is 31.6 Å². The number of rotatable bonds is 8. The number of amides is 1. The van der Waals surface area contributed by atoms with Gasteiger partial charge in [-0.2, -0.15) is 0 Å². The lowest BCUT2D eigenvalue weighted by molar-refractivity contribution is -0.121. The van der Waals surface area contributed by atoms with E-state index < -0.39 is 0 Å². The van der Waals surface area contributed by atoms with Crippen molar-refractivity contribution in [1.82, 2.24) is 19.9 Å². The molecule has 0 aliphatic carbocycles. The maximum Gasteiger partial charge on any atom is 0.220 e. The van der Waals surface area contributed by atoms with Gasteiger partial charge >= 0.3 is 0 Å². The van der Waals surface area contributed by atoms with Crippen molar-refractivity contribution in [3.63, 3.8) is 0 Å². The van der Waals surface area contributed by atoms with Crippen molar-refractivity contribution in [3.05, 3.63) is 72.4 Å². The molecule has 0 bridgehead atoms. The third-order valence-electron chi connectivity index (χ3n) is 3.96. The van der Waals surface area contributed by atoms with Crippen LogP contribution in [0.5, 0.6) is 5.75 Å². The first kappa shape index (κ1) is 17.7. The van der Waals surface area contributed by atoms with E-state index >= 15 is 0 Å². The summed E-state index contributed by atoms with van der Waals surface area (Å²) >= 11 is 0. The molecule has 0 atom stereocenters. The molecule has 3 aromatic rings. The van der Waals surface area contributed by atoms with Crippen molar-refractivity contribution in [2.24, 2.45) is 0 Å². The molecule has 0 aliphatic rings. The van der Waals surface area contributed by atoms with Gasteiger partial charge in [-0.25, -0.2) is 9.97 Å². The molecule has 1 N–H and O–H groups in total. The Labute approximate surface area is 152 Å². The Kier molecular flexibility index (Phi) is 5.98. The van der Waals surface area contributed by atoms with Crippen molar-refractivity contribution < 1.29 is 9.53 Å². The molecule has 1 amide bonds. The van der Waals surface area contributed by atoms with Crippen molar-refractivity contribution in [3.8, 4) is 11.6 Å². The normalized spacial score (nSPS) is 10.5. The Bertz CT molecular complexity index is 829. The first-order chi connectivity index (χ1) is 12.8. The van der Waals surface area contributed by atoms with Gasteiger partial charge in [0.15, 0.2) is 0 Å². The van der Waals surface area contributed by atoms with Crippen molar-refractivity contribution in [2.45, 2.75) is 26.3 Å². The number of pyridine rings is 1. The van der Waals surface area contributed by atoms with E-state index in [4.69, 9.17) is 4.74 Å². The highest BCUT2D eigenvalue weighted by Crippen LogP contribution is 2.19. The van der Waals surface area contributed by atoms with E-state index in [0.717, 1.165) is 22.7 Å². The molecule has 3 rings (SSSR count). The lowest BCUT2D eigenvalue weighted by atomic mass is 10.1. The van der Waals surface area contributed by atoms with Crippen molar-refractivity contribution >= 4 is 5.91 Å². The Hall–Kier alpha value is -3.15. The number of aryl methyl sites for hydroxylation is 1. The van der Waals surface area contributed by atoms with Crippen LogP contribution in [0.4, 0.5) is 0 Å². The molecule has 2 heterocycles. The largest absolute Gasteiger partial charge is 0.494 e. The van der Waals surface area contributed by atoms with Gasteiger partial charge in [-0.3, -0.25) is 9.36 Å². The molecule has 134 valence electrons. The molecular weight excluding hydrogens is 328 g/mol. The number of nitrogens with one attached hydrogen (secondary N) is 1. The molecule has 0 fully saturated rings. The number of hydrogen-bond donors (Lipinski definition) is 1. The smallest absolute Gasteiger partial charge is 0.220 e. The quantitative estimate of drug-likeness (QED) is 0.678. The predicted octanol–water partition coefficient (Wildman–Crippen LogP) is 2.92. The first-order valence-corrected chi connectivity index (χ1v) is 8.67. The second kappa shape index (κ2) is 8.80. The van der Waals surface area contributed by atoms with E-state index in [-0.39, 0.29) is 5.91 Å². The fourth-order valence-corrected chi connectivity index (χ4v) is 2.61. The number of carbonyl (C=O) groups excluding carboxylic acids is 1. The standard InChI is InChI=1S/C20H22N4O2/c1-2-26-18-6-4-3-5-17(18)8-10-20(25)23-14-16-7-9-19(22-13-16)24-12-11-21-15-24/h3-7,9,11-13,15H,2,8,10,14H2,1H3,(H,23,25). The number of imidazole rings is 1. The van der Waals surface area contributed by atoms with Gasteiger partial charge in [0.1, 0.15) is 17.9 Å². The highest BCUT2D eigenvalue weighted by Gasteiger charge is 2.07. The summed E-state index contributed by atoms with van der Waals surface area (Å²) in [6, 6.07) is 11.7. The summed E-state index contributed by atoms with van der Waals surface area (Å²) in [5.74, 6) is 1.65. The van der Waals surface area contributed by atoms with Crippen molar-refractivity contribution in [1.29, 1.82) is 0 Å². The summed E-state index contributed by atoms with van der Waals surface area (Å²) in [5.41, 5.74) is 2.01. The third kappa shape index (κ3) is 4.69. The van der Waals surface area contributed by atoms with Crippen LogP contribution >= 0.6 is 0 Å². The van der Waals surface area contributed by atoms with Gasteiger partial charge < -0.3 is 10.1 Å². The number of carbonyl (C=O) groups is 1. The number of para-hydroxylation sites is 1. The maximum atomic E-state index is 12.1. The molecule has 6 nitrogen and oxygen atoms in total. The predicted molar refractivity (Wildman–Crippen MR) is 99.1 cm³/mol. The van der Waals surface area contributed by atoms with Gasteiger partial charge in [-0.05, 0) is 36.6 Å². The zero-order chi connectivity index (χ0) is 18.2. The molecule has 0 aliphatic heterocycles. The Balaban J connectivity index is 1.48. The zero-order valence-corrected chi connectivity index (χ0v) is 14.8. The Morgan fingerprint density at radius 3 is 2.85 bits per heavy atom. The molecule has 1 aromatic carbocycles. The second-order valence-corrected chi connectivity index (χ2v) is 5.81. The zero-order valence-electron chi connectivity index (χ0n) is 14.8. The van der Waals surface area contributed by atoms with Crippen LogP contribution in [0.3, 0.4) is 0 Å². The molecule has 0 unspecified atom stereocenters. The molecular formula is C20H22N4O2. The summed E-state index contributed by atoms with van der Waals surface area (Å²) < 4.78 is 7.43. The fourth-order valence-electron chi connectivity index (χ4n) is 2.61. The number of hydrogen-bond acceptors (Lipinski definition) is 4. The number of aromatic nitrogens is 3. The third-order valence-corrected chi connectivity index (χ3v) is 3.96. The van der Waals surface area contributed by atoms with Crippen molar-refractivity contribution in [2.75, 3.05) is 6.61 Å². The Morgan fingerprint density at radius 2 is 2.12 bits per heavy atom. The Morgan fingerprint density at radius 1 is 1.23 bits per heavy atom. The minimum absolute atomic E-state index is 0.00925. The van der Waals surface area contributed by atoms with E-state index in [1.165, 1.54) is 0 Å². The van der Waals surface area contributed by atoms with E-state index in [2.05, 4.69) is 15.3 Å². The number of nitrogens with zero attached hydrogens (tertiary/aromatic N) is 3. The monoisotopic (exact) mass is 350 g/mol. The molecule has 0 spiro atoms. The topological polar surface area (TPSA) is 69.0 Å². The summed E-state index contributed by atoms with van der Waals surface area (Å²) in [4.78, 5) is 20.5.